The molecule has 0 aliphatic rings. The lowest BCUT2D eigenvalue weighted by atomic mass is 9.74. The van der Waals surface area contributed by atoms with Crippen LogP contribution in [0, 0.1) is 13.8 Å². The number of H-pyrrole nitrogens is 1. The van der Waals surface area contributed by atoms with E-state index in [1.807, 2.05) is 18.2 Å². The van der Waals surface area contributed by atoms with E-state index >= 15 is 0 Å². The van der Waals surface area contributed by atoms with Crippen molar-refractivity contribution in [1.82, 2.24) is 4.98 Å². The molecule has 0 aliphatic heterocycles. The highest BCUT2D eigenvalue weighted by Gasteiger charge is 2.27. The summed E-state index contributed by atoms with van der Waals surface area (Å²) < 4.78 is 0. The van der Waals surface area contributed by atoms with Crippen LogP contribution in [-0.4, -0.2) is 4.98 Å². The molecule has 0 unspecified atom stereocenters. The van der Waals surface area contributed by atoms with Gasteiger partial charge in [0.15, 0.2) is 0 Å². The van der Waals surface area contributed by atoms with Crippen LogP contribution >= 0.6 is 12.6 Å². The summed E-state index contributed by atoms with van der Waals surface area (Å²) in [6.07, 6.45) is 2.64. The van der Waals surface area contributed by atoms with Gasteiger partial charge in [0.1, 0.15) is 0 Å². The van der Waals surface area contributed by atoms with Gasteiger partial charge in [0.2, 0.25) is 0 Å². The molecule has 5 aromatic carbocycles. The van der Waals surface area contributed by atoms with Crippen molar-refractivity contribution in [3.8, 4) is 0 Å². The molecule has 1 heterocycles. The Balaban J connectivity index is 0.000000830. The lowest BCUT2D eigenvalue weighted by Crippen LogP contribution is -2.21. The second kappa shape index (κ2) is 12.5. The average Bonchev–Trinajstić information content (AvgIpc) is 3.35. The molecule has 0 fully saturated rings. The number of thiol groups is 1. The summed E-state index contributed by atoms with van der Waals surface area (Å²) in [6, 6.07) is 38.9. The second-order valence-electron chi connectivity index (χ2n) is 11.7. The first-order valence-corrected chi connectivity index (χ1v) is 15.5. The van der Waals surface area contributed by atoms with E-state index in [4.69, 9.17) is 12.6 Å². The first-order valence-electron chi connectivity index (χ1n) is 15.0. The SMILES string of the molecule is CCCC.Cc1ccccc1C(C)(C)c1cc2c(cc1C)[nH]c1cc(N(c3ccccc3)c3ccccc3S)ccc12. The average molecular weight is 571 g/mol. The molecule has 0 bridgehead atoms. The number of fused-ring (bicyclic) bond motifs is 3. The molecule has 0 aliphatic carbocycles. The maximum absolute atomic E-state index is 4.79. The molecule has 6 rings (SSSR count). The first-order chi connectivity index (χ1) is 20.3. The van der Waals surface area contributed by atoms with Crippen molar-refractivity contribution in [2.24, 2.45) is 0 Å². The van der Waals surface area contributed by atoms with Crippen LogP contribution in [0.15, 0.2) is 114 Å². The number of nitrogens with zero attached hydrogens (tertiary/aromatic N) is 1. The molecule has 0 saturated carbocycles. The Morgan fingerprint density at radius 1 is 0.619 bits per heavy atom. The molecular weight excluding hydrogens is 529 g/mol. The van der Waals surface area contributed by atoms with Crippen molar-refractivity contribution in [3.63, 3.8) is 0 Å². The van der Waals surface area contributed by atoms with Gasteiger partial charge in [-0.2, -0.15) is 0 Å². The predicted molar refractivity (Wildman–Crippen MR) is 186 cm³/mol. The van der Waals surface area contributed by atoms with Gasteiger partial charge in [-0.3, -0.25) is 0 Å². The van der Waals surface area contributed by atoms with E-state index in [-0.39, 0.29) is 5.41 Å². The molecule has 1 N–H and O–H groups in total. The van der Waals surface area contributed by atoms with Gasteiger partial charge < -0.3 is 9.88 Å². The summed E-state index contributed by atoms with van der Waals surface area (Å²) in [5.74, 6) is 0. The molecule has 0 spiro atoms. The monoisotopic (exact) mass is 570 g/mol. The molecule has 0 amide bonds. The second-order valence-corrected chi connectivity index (χ2v) is 12.1. The molecule has 1 aromatic heterocycles. The maximum atomic E-state index is 4.79. The molecule has 214 valence electrons. The topological polar surface area (TPSA) is 19.0 Å². The Bertz CT molecular complexity index is 1810. The number of aryl methyl sites for hydroxylation is 2. The highest BCUT2D eigenvalue weighted by Crippen LogP contribution is 2.42. The molecule has 0 atom stereocenters. The summed E-state index contributed by atoms with van der Waals surface area (Å²) in [6.45, 7) is 13.5. The Kier molecular flexibility index (Phi) is 8.80. The van der Waals surface area contributed by atoms with E-state index in [9.17, 15) is 0 Å². The van der Waals surface area contributed by atoms with Crippen molar-refractivity contribution in [3.05, 3.63) is 131 Å². The van der Waals surface area contributed by atoms with E-state index in [0.717, 1.165) is 27.5 Å². The van der Waals surface area contributed by atoms with Gasteiger partial charge in [-0.25, -0.2) is 0 Å². The van der Waals surface area contributed by atoms with Crippen molar-refractivity contribution in [1.29, 1.82) is 0 Å². The number of unbranched alkanes of at least 4 members (excludes halogenated alkanes) is 1. The Morgan fingerprint density at radius 2 is 1.26 bits per heavy atom. The first kappa shape index (κ1) is 29.5. The number of nitrogens with one attached hydrogen (secondary N) is 1. The number of hydrogen-bond donors (Lipinski definition) is 2. The van der Waals surface area contributed by atoms with Crippen molar-refractivity contribution in [2.45, 2.75) is 64.7 Å². The maximum Gasteiger partial charge on any atom is 0.0594 e. The van der Waals surface area contributed by atoms with Gasteiger partial charge in [0.05, 0.1) is 5.69 Å². The zero-order valence-electron chi connectivity index (χ0n) is 25.7. The van der Waals surface area contributed by atoms with E-state index in [0.29, 0.717) is 0 Å². The van der Waals surface area contributed by atoms with Crippen LogP contribution < -0.4 is 4.90 Å². The van der Waals surface area contributed by atoms with Gasteiger partial charge in [-0.05, 0) is 84.6 Å². The van der Waals surface area contributed by atoms with Crippen LogP contribution in [0.25, 0.3) is 21.8 Å². The van der Waals surface area contributed by atoms with Crippen molar-refractivity contribution >= 4 is 51.5 Å². The van der Waals surface area contributed by atoms with Crippen LogP contribution in [0.4, 0.5) is 17.1 Å². The predicted octanol–water partition coefficient (Wildman–Crippen LogP) is 11.8. The third-order valence-corrected chi connectivity index (χ3v) is 8.69. The Hall–Kier alpha value is -3.95. The number of aromatic nitrogens is 1. The Labute approximate surface area is 256 Å². The summed E-state index contributed by atoms with van der Waals surface area (Å²) >= 11 is 4.79. The van der Waals surface area contributed by atoms with Crippen LogP contribution in [-0.2, 0) is 5.41 Å². The molecule has 0 radical (unpaired) electrons. The van der Waals surface area contributed by atoms with Crippen LogP contribution in [0.1, 0.15) is 62.8 Å². The highest BCUT2D eigenvalue weighted by molar-refractivity contribution is 7.80. The highest BCUT2D eigenvalue weighted by atomic mass is 32.1. The fourth-order valence-electron chi connectivity index (χ4n) is 5.94. The fraction of sp³-hybridized carbons (Fsp3) is 0.231. The zero-order valence-corrected chi connectivity index (χ0v) is 26.6. The van der Waals surface area contributed by atoms with Gasteiger partial charge >= 0.3 is 0 Å². The van der Waals surface area contributed by atoms with E-state index in [1.54, 1.807) is 0 Å². The quantitative estimate of drug-likeness (QED) is 0.191. The number of para-hydroxylation sites is 2. The summed E-state index contributed by atoms with van der Waals surface area (Å²) in [4.78, 5) is 6.92. The van der Waals surface area contributed by atoms with E-state index in [2.05, 4.69) is 142 Å². The van der Waals surface area contributed by atoms with Crippen LogP contribution in [0.2, 0.25) is 0 Å². The minimum absolute atomic E-state index is 0.104. The van der Waals surface area contributed by atoms with Gasteiger partial charge in [-0.1, -0.05) is 101 Å². The van der Waals surface area contributed by atoms with Gasteiger partial charge in [0.25, 0.3) is 0 Å². The number of aromatic amines is 1. The lowest BCUT2D eigenvalue weighted by Gasteiger charge is -2.29. The Morgan fingerprint density at radius 3 is 1.95 bits per heavy atom. The fourth-order valence-corrected chi connectivity index (χ4v) is 6.20. The number of benzene rings is 5. The molecule has 6 aromatic rings. The minimum atomic E-state index is -0.104. The standard InChI is InChI=1S/C35H32N2S.C4H10/c1-23-12-8-9-15-29(23)35(3,4)30-22-28-27-19-18-26(21-32(27)36-31(28)20-24(30)2)37(25-13-6-5-7-14-25)33-16-10-11-17-34(33)38;1-3-4-2/h5-22,36,38H,1-4H3;3-4H2,1-2H3. The molecular formula is C39H42N2S. The lowest BCUT2D eigenvalue weighted by molar-refractivity contribution is 0.632. The number of hydrogen-bond acceptors (Lipinski definition) is 2. The third kappa shape index (κ3) is 5.71. The van der Waals surface area contributed by atoms with Crippen LogP contribution in [0.3, 0.4) is 0 Å². The summed E-state index contributed by atoms with van der Waals surface area (Å²) in [5, 5.41) is 2.49. The van der Waals surface area contributed by atoms with E-state index < -0.39 is 0 Å². The smallest absolute Gasteiger partial charge is 0.0594 e. The van der Waals surface area contributed by atoms with E-state index in [1.165, 1.54) is 51.4 Å². The van der Waals surface area contributed by atoms with Gasteiger partial charge in [-0.15, -0.1) is 12.6 Å². The summed E-state index contributed by atoms with van der Waals surface area (Å²) in [5.41, 5.74) is 10.8. The third-order valence-electron chi connectivity index (χ3n) is 8.31. The normalized spacial score (nSPS) is 11.4. The van der Waals surface area contributed by atoms with Gasteiger partial charge in [0, 0.05) is 43.5 Å². The van der Waals surface area contributed by atoms with Crippen molar-refractivity contribution < 1.29 is 0 Å². The zero-order chi connectivity index (χ0) is 29.9. The minimum Gasteiger partial charge on any atom is -0.354 e. The van der Waals surface area contributed by atoms with Crippen molar-refractivity contribution in [2.75, 3.05) is 4.90 Å². The number of anilines is 3. The summed E-state index contributed by atoms with van der Waals surface area (Å²) in [7, 11) is 0. The molecule has 0 saturated heterocycles. The van der Waals surface area contributed by atoms with Crippen LogP contribution in [0.5, 0.6) is 0 Å². The largest absolute Gasteiger partial charge is 0.354 e. The molecule has 42 heavy (non-hydrogen) atoms. The number of rotatable bonds is 6. The molecule has 2 nitrogen and oxygen atoms in total. The molecule has 3 heteroatoms.